The largest absolute Gasteiger partial charge is 0.385 e. The zero-order valence-corrected chi connectivity index (χ0v) is 19.3. The fourth-order valence-electron chi connectivity index (χ4n) is 4.44. The van der Waals surface area contributed by atoms with Crippen LogP contribution in [-0.4, -0.2) is 90.3 Å². The van der Waals surface area contributed by atoms with Gasteiger partial charge in [-0.1, -0.05) is 50.1 Å². The predicted octanol–water partition coefficient (Wildman–Crippen LogP) is 1.65. The van der Waals surface area contributed by atoms with Crippen LogP contribution < -0.4 is 5.32 Å². The summed E-state index contributed by atoms with van der Waals surface area (Å²) in [6, 6.07) is 8.87. The summed E-state index contributed by atoms with van der Waals surface area (Å²) in [7, 11) is 3.38. The Bertz CT molecular complexity index is 790. The second-order valence-electron chi connectivity index (χ2n) is 8.37. The highest BCUT2D eigenvalue weighted by Gasteiger charge is 2.50. The van der Waals surface area contributed by atoms with E-state index in [9.17, 15) is 14.4 Å². The van der Waals surface area contributed by atoms with Crippen LogP contribution in [0.3, 0.4) is 0 Å². The van der Waals surface area contributed by atoms with Crippen LogP contribution in [0.1, 0.15) is 38.2 Å². The number of benzene rings is 1. The standard InChI is InChI=1S/C23H35N5O4/c1-4-5-12-19-22(30)26(13-9-14-32-3)16-20-27(19)21(29)17-25(2)28(20)23(31)24-15-18-10-7-6-8-11-18/h6-8,10-11,19-20H,4-5,9,12-17H2,1-3H3,(H,24,31)/t19-,20?/m0/s1. The van der Waals surface area contributed by atoms with Crippen LogP contribution in [0.5, 0.6) is 0 Å². The van der Waals surface area contributed by atoms with Gasteiger partial charge in [-0.25, -0.2) is 14.8 Å². The molecule has 2 aliphatic rings. The van der Waals surface area contributed by atoms with Crippen molar-refractivity contribution in [3.63, 3.8) is 0 Å². The number of hydrogen-bond donors (Lipinski definition) is 1. The molecule has 2 saturated heterocycles. The number of likely N-dealkylation sites (N-methyl/N-ethyl adjacent to an activating group) is 1. The lowest BCUT2D eigenvalue weighted by molar-refractivity contribution is -0.187. The van der Waals surface area contributed by atoms with Crippen molar-refractivity contribution in [3.8, 4) is 0 Å². The normalized spacial score (nSPS) is 21.7. The molecule has 0 bridgehead atoms. The number of fused-ring (bicyclic) bond motifs is 1. The van der Waals surface area contributed by atoms with E-state index in [1.54, 1.807) is 34.0 Å². The molecule has 0 saturated carbocycles. The van der Waals surface area contributed by atoms with Crippen LogP contribution in [0, 0.1) is 0 Å². The number of methoxy groups -OCH3 is 1. The zero-order valence-electron chi connectivity index (χ0n) is 19.3. The van der Waals surface area contributed by atoms with Gasteiger partial charge in [0.2, 0.25) is 11.8 Å². The molecule has 1 aromatic carbocycles. The summed E-state index contributed by atoms with van der Waals surface area (Å²) in [4.78, 5) is 42.9. The molecule has 0 radical (unpaired) electrons. The number of nitrogens with zero attached hydrogens (tertiary/aromatic N) is 4. The number of hydrazine groups is 1. The van der Waals surface area contributed by atoms with Crippen molar-refractivity contribution in [2.75, 3.05) is 40.4 Å². The van der Waals surface area contributed by atoms with Crippen LogP contribution in [0.2, 0.25) is 0 Å². The monoisotopic (exact) mass is 445 g/mol. The number of carbonyl (C=O) groups is 3. The summed E-state index contributed by atoms with van der Waals surface area (Å²) in [5.74, 6) is -0.149. The highest BCUT2D eigenvalue weighted by molar-refractivity contribution is 5.91. The molecule has 32 heavy (non-hydrogen) atoms. The molecule has 9 nitrogen and oxygen atoms in total. The number of urea groups is 1. The molecule has 0 spiro atoms. The molecule has 1 aromatic rings. The Morgan fingerprint density at radius 1 is 1.19 bits per heavy atom. The average Bonchev–Trinajstić information content (AvgIpc) is 2.78. The van der Waals surface area contributed by atoms with Gasteiger partial charge in [-0.3, -0.25) is 9.59 Å². The van der Waals surface area contributed by atoms with Crippen molar-refractivity contribution in [1.82, 2.24) is 25.1 Å². The quantitative estimate of drug-likeness (QED) is 0.584. The molecule has 1 unspecified atom stereocenters. The van der Waals surface area contributed by atoms with E-state index >= 15 is 0 Å². The van der Waals surface area contributed by atoms with Gasteiger partial charge in [0.15, 0.2) is 0 Å². The number of carbonyl (C=O) groups excluding carboxylic acids is 3. The summed E-state index contributed by atoms with van der Waals surface area (Å²) >= 11 is 0. The Labute approximate surface area is 190 Å². The van der Waals surface area contributed by atoms with E-state index in [0.29, 0.717) is 39.1 Å². The van der Waals surface area contributed by atoms with Gasteiger partial charge in [0, 0.05) is 33.9 Å². The molecule has 3 rings (SSSR count). The fraction of sp³-hybridized carbons (Fsp3) is 0.609. The smallest absolute Gasteiger partial charge is 0.334 e. The first-order valence-corrected chi connectivity index (χ1v) is 11.4. The third-order valence-corrected chi connectivity index (χ3v) is 6.04. The minimum Gasteiger partial charge on any atom is -0.385 e. The van der Waals surface area contributed by atoms with Gasteiger partial charge >= 0.3 is 6.03 Å². The van der Waals surface area contributed by atoms with E-state index in [1.807, 2.05) is 30.3 Å². The molecule has 0 aliphatic carbocycles. The number of nitrogens with one attached hydrogen (secondary N) is 1. The van der Waals surface area contributed by atoms with Gasteiger partial charge in [0.05, 0.1) is 13.1 Å². The van der Waals surface area contributed by atoms with Gasteiger partial charge in [-0.05, 0) is 18.4 Å². The third-order valence-electron chi connectivity index (χ3n) is 6.04. The highest BCUT2D eigenvalue weighted by Crippen LogP contribution is 2.28. The first-order chi connectivity index (χ1) is 15.5. The Morgan fingerprint density at radius 2 is 1.94 bits per heavy atom. The van der Waals surface area contributed by atoms with Crippen LogP contribution in [0.25, 0.3) is 0 Å². The van der Waals surface area contributed by atoms with Crippen molar-refractivity contribution < 1.29 is 19.1 Å². The van der Waals surface area contributed by atoms with E-state index < -0.39 is 12.2 Å². The van der Waals surface area contributed by atoms with Crippen molar-refractivity contribution >= 4 is 17.8 Å². The second-order valence-corrected chi connectivity index (χ2v) is 8.37. The highest BCUT2D eigenvalue weighted by atomic mass is 16.5. The van der Waals surface area contributed by atoms with E-state index in [2.05, 4.69) is 12.2 Å². The van der Waals surface area contributed by atoms with E-state index in [1.165, 1.54) is 0 Å². The molecule has 2 heterocycles. The molecule has 2 aliphatic heterocycles. The number of amides is 4. The summed E-state index contributed by atoms with van der Waals surface area (Å²) in [6.07, 6.45) is 2.55. The van der Waals surface area contributed by atoms with Gasteiger partial charge in [-0.2, -0.15) is 0 Å². The molecular weight excluding hydrogens is 410 g/mol. The van der Waals surface area contributed by atoms with Crippen LogP contribution in [0.4, 0.5) is 4.79 Å². The van der Waals surface area contributed by atoms with Crippen molar-refractivity contribution in [2.24, 2.45) is 0 Å². The van der Waals surface area contributed by atoms with Crippen molar-refractivity contribution in [1.29, 1.82) is 0 Å². The van der Waals surface area contributed by atoms with Gasteiger partial charge < -0.3 is 19.9 Å². The lowest BCUT2D eigenvalue weighted by atomic mass is 10.0. The SMILES string of the molecule is CCCC[C@H]1C(=O)N(CCCOC)CC2N1C(=O)CN(C)N2C(=O)NCc1ccccc1. The first kappa shape index (κ1) is 24.0. The summed E-state index contributed by atoms with van der Waals surface area (Å²) in [5, 5.41) is 6.22. The Kier molecular flexibility index (Phi) is 8.46. The summed E-state index contributed by atoms with van der Waals surface area (Å²) in [5.41, 5.74) is 0.995. The Morgan fingerprint density at radius 3 is 2.62 bits per heavy atom. The Hall–Kier alpha value is -2.65. The third kappa shape index (κ3) is 5.39. The van der Waals surface area contributed by atoms with E-state index in [4.69, 9.17) is 4.74 Å². The van der Waals surface area contributed by atoms with Crippen molar-refractivity contribution in [3.05, 3.63) is 35.9 Å². The lowest BCUT2D eigenvalue weighted by Gasteiger charge is -2.54. The molecule has 0 aromatic heterocycles. The predicted molar refractivity (Wildman–Crippen MR) is 120 cm³/mol. The zero-order chi connectivity index (χ0) is 23.1. The molecule has 176 valence electrons. The van der Waals surface area contributed by atoms with Crippen LogP contribution in [-0.2, 0) is 20.9 Å². The topological polar surface area (TPSA) is 85.4 Å². The molecule has 4 amide bonds. The number of rotatable bonds is 9. The maximum Gasteiger partial charge on any atom is 0.334 e. The van der Waals surface area contributed by atoms with Gasteiger partial charge in [0.1, 0.15) is 12.2 Å². The molecule has 2 fully saturated rings. The maximum absolute atomic E-state index is 13.3. The number of unbranched alkanes of at least 4 members (excludes halogenated alkanes) is 1. The number of hydrogen-bond acceptors (Lipinski definition) is 5. The van der Waals surface area contributed by atoms with Gasteiger partial charge in [-0.15, -0.1) is 0 Å². The summed E-state index contributed by atoms with van der Waals surface area (Å²) < 4.78 is 5.15. The minimum atomic E-state index is -0.540. The van der Waals surface area contributed by atoms with Crippen molar-refractivity contribution in [2.45, 2.75) is 51.4 Å². The van der Waals surface area contributed by atoms with Crippen LogP contribution in [0.15, 0.2) is 30.3 Å². The molecule has 1 N–H and O–H groups in total. The van der Waals surface area contributed by atoms with Gasteiger partial charge in [0.25, 0.3) is 0 Å². The second kappa shape index (κ2) is 11.3. The lowest BCUT2D eigenvalue weighted by Crippen LogP contribution is -2.76. The number of ether oxygens (including phenoxy) is 1. The molecular formula is C23H35N5O4. The molecule has 9 heteroatoms. The van der Waals surface area contributed by atoms with E-state index in [-0.39, 0.29) is 24.4 Å². The molecule has 2 atom stereocenters. The first-order valence-electron chi connectivity index (χ1n) is 11.4. The van der Waals surface area contributed by atoms with Crippen LogP contribution >= 0.6 is 0 Å². The fourth-order valence-corrected chi connectivity index (χ4v) is 4.44. The maximum atomic E-state index is 13.3. The summed E-state index contributed by atoms with van der Waals surface area (Å²) in [6.45, 7) is 3.90. The Balaban J connectivity index is 1.81. The number of piperazine rings is 1. The van der Waals surface area contributed by atoms with E-state index in [0.717, 1.165) is 18.4 Å². The minimum absolute atomic E-state index is 0.0339. The average molecular weight is 446 g/mol.